The van der Waals surface area contributed by atoms with Crippen molar-refractivity contribution in [1.82, 2.24) is 19.8 Å². The van der Waals surface area contributed by atoms with Crippen molar-refractivity contribution in [2.45, 2.75) is 77.5 Å². The van der Waals surface area contributed by atoms with Gasteiger partial charge in [0.15, 0.2) is 0 Å². The van der Waals surface area contributed by atoms with E-state index in [1.54, 1.807) is 55.5 Å². The second-order valence-electron chi connectivity index (χ2n) is 13.7. The molecule has 0 fully saturated rings. The first-order chi connectivity index (χ1) is 24.6. The number of hydrogen-bond donors (Lipinski definition) is 3. The third-order valence-electron chi connectivity index (χ3n) is 8.09. The zero-order valence-electron chi connectivity index (χ0n) is 30.5. The summed E-state index contributed by atoms with van der Waals surface area (Å²) >= 11 is 0. The van der Waals surface area contributed by atoms with Crippen molar-refractivity contribution in [1.29, 1.82) is 0 Å². The summed E-state index contributed by atoms with van der Waals surface area (Å²) in [5, 5.41) is 5.10. The lowest BCUT2D eigenvalue weighted by Crippen LogP contribution is -2.44. The van der Waals surface area contributed by atoms with Crippen LogP contribution in [0.5, 0.6) is 0 Å². The fourth-order valence-electron chi connectivity index (χ4n) is 5.14. The van der Waals surface area contributed by atoms with Crippen LogP contribution in [0, 0.1) is 25.5 Å². The molecule has 4 rings (SSSR count). The molecule has 4 aromatic rings. The van der Waals surface area contributed by atoms with E-state index in [0.29, 0.717) is 29.0 Å². The van der Waals surface area contributed by atoms with Crippen molar-refractivity contribution in [2.24, 2.45) is 7.05 Å². The van der Waals surface area contributed by atoms with E-state index in [9.17, 15) is 32.4 Å². The van der Waals surface area contributed by atoms with Gasteiger partial charge >= 0.3 is 11.7 Å². The van der Waals surface area contributed by atoms with Crippen LogP contribution in [0.25, 0.3) is 5.69 Å². The molecule has 0 aliphatic rings. The van der Waals surface area contributed by atoms with Crippen LogP contribution in [0.3, 0.4) is 0 Å². The van der Waals surface area contributed by atoms with Gasteiger partial charge in [0, 0.05) is 41.9 Å². The number of hydrogen-bond acceptors (Lipinski definition) is 8. The summed E-state index contributed by atoms with van der Waals surface area (Å²) in [6, 6.07) is 10.4. The van der Waals surface area contributed by atoms with Gasteiger partial charge in [-0.1, -0.05) is 12.1 Å². The van der Waals surface area contributed by atoms with E-state index in [1.165, 1.54) is 41.0 Å². The van der Waals surface area contributed by atoms with Crippen molar-refractivity contribution in [3.63, 3.8) is 0 Å². The van der Waals surface area contributed by atoms with Gasteiger partial charge in [0.25, 0.3) is 27.4 Å². The minimum Gasteiger partial charge on any atom is -0.461 e. The van der Waals surface area contributed by atoms with E-state index in [4.69, 9.17) is 4.74 Å². The summed E-state index contributed by atoms with van der Waals surface area (Å²) in [4.78, 5) is 64.1. The third kappa shape index (κ3) is 9.43. The second kappa shape index (κ2) is 15.5. The molecule has 13 nitrogen and oxygen atoms in total. The number of amides is 2. The van der Waals surface area contributed by atoms with E-state index < -0.39 is 79.6 Å². The van der Waals surface area contributed by atoms with E-state index in [1.807, 2.05) is 4.72 Å². The van der Waals surface area contributed by atoms with Crippen LogP contribution in [-0.4, -0.2) is 53.0 Å². The van der Waals surface area contributed by atoms with Gasteiger partial charge in [0.1, 0.15) is 17.7 Å². The largest absolute Gasteiger partial charge is 0.461 e. The maximum absolute atomic E-state index is 15.3. The Labute approximate surface area is 305 Å². The number of benzene rings is 3. The number of esters is 1. The van der Waals surface area contributed by atoms with Crippen LogP contribution >= 0.6 is 0 Å². The van der Waals surface area contributed by atoms with Crippen molar-refractivity contribution >= 4 is 33.5 Å². The normalized spacial score (nSPS) is 12.3. The van der Waals surface area contributed by atoms with E-state index in [2.05, 4.69) is 10.6 Å². The summed E-state index contributed by atoms with van der Waals surface area (Å²) in [5.74, 6) is -5.08. The highest BCUT2D eigenvalue weighted by atomic mass is 32.2. The molecule has 0 aliphatic carbocycles. The van der Waals surface area contributed by atoms with Crippen molar-refractivity contribution in [3.8, 4) is 5.69 Å². The lowest BCUT2D eigenvalue weighted by Gasteiger charge is -2.20. The molecule has 0 saturated heterocycles. The molecule has 53 heavy (non-hydrogen) atoms. The Kier molecular flexibility index (Phi) is 11.8. The number of carbonyl (C=O) groups excluding carboxylic acids is 3. The lowest BCUT2D eigenvalue weighted by atomic mass is 10.0. The van der Waals surface area contributed by atoms with E-state index in [-0.39, 0.29) is 22.6 Å². The number of sulfonamides is 1. The monoisotopic (exact) mass is 753 g/mol. The van der Waals surface area contributed by atoms with Gasteiger partial charge in [-0.2, -0.15) is 0 Å². The van der Waals surface area contributed by atoms with E-state index in [0.717, 1.165) is 16.7 Å². The standard InChI is InChI=1S/C37H41F2N5O8S/c1-20(2)52-35(48)31(17-23-9-13-25(14-10-23)44-34(47)21(3)22(4)43(8)36(44)49)40-33(46)27-18-29(39)30(19-28(27)38)42-53(50,51)26-15-11-24(12-16-26)32(45)41-37(5,6)7/h9-16,18-20,31,42H,17H2,1-8H3,(H,40,46)(H,41,45)/t31-/m0/s1. The Morgan fingerprint density at radius 3 is 2.06 bits per heavy atom. The fourth-order valence-corrected chi connectivity index (χ4v) is 6.20. The average Bonchev–Trinajstić information content (AvgIpc) is 3.07. The topological polar surface area (TPSA) is 175 Å². The zero-order chi connectivity index (χ0) is 39.6. The van der Waals surface area contributed by atoms with Gasteiger partial charge in [-0.05, 0) is 96.5 Å². The molecule has 282 valence electrons. The maximum Gasteiger partial charge on any atom is 0.335 e. The first-order valence-corrected chi connectivity index (χ1v) is 17.9. The van der Waals surface area contributed by atoms with Gasteiger partial charge in [-0.25, -0.2) is 31.4 Å². The predicted molar refractivity (Wildman–Crippen MR) is 194 cm³/mol. The van der Waals surface area contributed by atoms with Gasteiger partial charge in [-0.15, -0.1) is 0 Å². The summed E-state index contributed by atoms with van der Waals surface area (Å²) < 4.78 is 66.1. The minimum atomic E-state index is -4.46. The maximum atomic E-state index is 15.3. The van der Waals surface area contributed by atoms with Crippen LogP contribution in [0.4, 0.5) is 14.5 Å². The highest BCUT2D eigenvalue weighted by molar-refractivity contribution is 7.92. The summed E-state index contributed by atoms with van der Waals surface area (Å²) in [6.07, 6.45) is -0.758. The number of aromatic nitrogens is 2. The quantitative estimate of drug-likeness (QED) is 0.192. The molecule has 0 spiro atoms. The number of nitrogens with zero attached hydrogens (tertiary/aromatic N) is 2. The summed E-state index contributed by atoms with van der Waals surface area (Å²) in [6.45, 7) is 11.8. The molecule has 3 N–H and O–H groups in total. The summed E-state index contributed by atoms with van der Waals surface area (Å²) in [5.41, 5.74) is -1.37. The minimum absolute atomic E-state index is 0.171. The molecule has 3 aromatic carbocycles. The molecular weight excluding hydrogens is 712 g/mol. The number of ether oxygens (including phenoxy) is 1. The first kappa shape index (κ1) is 40.1. The molecule has 1 aromatic heterocycles. The Bertz CT molecular complexity index is 2260. The second-order valence-corrected chi connectivity index (χ2v) is 15.4. The van der Waals surface area contributed by atoms with Gasteiger partial charge in [0.05, 0.1) is 27.9 Å². The molecule has 1 heterocycles. The van der Waals surface area contributed by atoms with Crippen LogP contribution in [0.15, 0.2) is 75.1 Å². The Hall–Kier alpha value is -5.64. The Morgan fingerprint density at radius 1 is 0.887 bits per heavy atom. The van der Waals surface area contributed by atoms with Crippen LogP contribution in [0.1, 0.15) is 72.2 Å². The third-order valence-corrected chi connectivity index (χ3v) is 9.47. The lowest BCUT2D eigenvalue weighted by molar-refractivity contribution is -0.149. The van der Waals surface area contributed by atoms with Crippen LogP contribution in [0.2, 0.25) is 0 Å². The smallest absolute Gasteiger partial charge is 0.335 e. The number of nitrogens with one attached hydrogen (secondary N) is 3. The molecule has 1 atom stereocenters. The van der Waals surface area contributed by atoms with Crippen molar-refractivity contribution in [2.75, 3.05) is 4.72 Å². The molecule has 0 saturated carbocycles. The predicted octanol–water partition coefficient (Wildman–Crippen LogP) is 4.05. The summed E-state index contributed by atoms with van der Waals surface area (Å²) in [7, 11) is -2.92. The van der Waals surface area contributed by atoms with Crippen LogP contribution < -0.4 is 26.6 Å². The van der Waals surface area contributed by atoms with Gasteiger partial charge < -0.3 is 19.9 Å². The van der Waals surface area contributed by atoms with Crippen molar-refractivity contribution in [3.05, 3.63) is 121 Å². The SMILES string of the molecule is Cc1c(C)n(C)c(=O)n(-c2ccc(C[C@H](NC(=O)c3cc(F)c(NS(=O)(=O)c4ccc(C(=O)NC(C)(C)C)cc4)cc3F)C(=O)OC(C)C)cc2)c1=O. The number of rotatable bonds is 11. The fraction of sp³-hybridized carbons (Fsp3) is 0.324. The first-order valence-electron chi connectivity index (χ1n) is 16.4. The number of halogens is 2. The Morgan fingerprint density at radius 2 is 1.49 bits per heavy atom. The molecular formula is C37H41F2N5O8S. The molecule has 0 unspecified atom stereocenters. The molecule has 0 bridgehead atoms. The van der Waals surface area contributed by atoms with Crippen molar-refractivity contribution < 1.29 is 36.3 Å². The number of anilines is 1. The van der Waals surface area contributed by atoms with Gasteiger partial charge in [0.2, 0.25) is 0 Å². The zero-order valence-corrected chi connectivity index (χ0v) is 31.3. The van der Waals surface area contributed by atoms with Gasteiger partial charge in [-0.3, -0.25) is 19.1 Å². The number of carbonyl (C=O) groups is 3. The highest BCUT2D eigenvalue weighted by Crippen LogP contribution is 2.24. The Balaban J connectivity index is 1.55. The highest BCUT2D eigenvalue weighted by Gasteiger charge is 2.28. The molecule has 0 aliphatic heterocycles. The molecule has 2 amide bonds. The van der Waals surface area contributed by atoms with Crippen LogP contribution in [-0.2, 0) is 33.0 Å². The van der Waals surface area contributed by atoms with E-state index >= 15 is 8.78 Å². The molecule has 0 radical (unpaired) electrons. The molecule has 16 heteroatoms. The average molecular weight is 754 g/mol.